The van der Waals surface area contributed by atoms with Gasteiger partial charge in [0.2, 0.25) is 0 Å². The molecule has 1 heterocycles. The van der Waals surface area contributed by atoms with E-state index in [9.17, 15) is 4.79 Å². The maximum absolute atomic E-state index is 10.9. The van der Waals surface area contributed by atoms with Crippen molar-refractivity contribution in [2.45, 2.75) is 19.9 Å². The van der Waals surface area contributed by atoms with Gasteiger partial charge in [0.15, 0.2) is 0 Å². The maximum Gasteiger partial charge on any atom is 0.327 e. The molecule has 11 heavy (non-hydrogen) atoms. The number of ether oxygens (including phenoxy) is 1. The molecule has 0 saturated carbocycles. The SMILES string of the molecule is CCOC(=O)C1CN1OCC. The Kier molecular flexibility index (Phi) is 2.84. The minimum absolute atomic E-state index is 0.144. The minimum Gasteiger partial charge on any atom is -0.465 e. The summed E-state index contributed by atoms with van der Waals surface area (Å²) in [5.41, 5.74) is 0. The highest BCUT2D eigenvalue weighted by Crippen LogP contribution is 2.18. The van der Waals surface area contributed by atoms with Crippen molar-refractivity contribution in [2.24, 2.45) is 0 Å². The van der Waals surface area contributed by atoms with Crippen molar-refractivity contribution < 1.29 is 14.4 Å². The van der Waals surface area contributed by atoms with Gasteiger partial charge in [-0.05, 0) is 13.8 Å². The van der Waals surface area contributed by atoms with E-state index in [4.69, 9.17) is 9.57 Å². The summed E-state index contributed by atoms with van der Waals surface area (Å²) in [5, 5.41) is 1.62. The third-order valence-corrected chi connectivity index (χ3v) is 1.42. The average molecular weight is 159 g/mol. The molecule has 4 nitrogen and oxygen atoms in total. The molecule has 0 aromatic rings. The summed E-state index contributed by atoms with van der Waals surface area (Å²) in [6.07, 6.45) is 0. The molecule has 2 atom stereocenters. The van der Waals surface area contributed by atoms with E-state index >= 15 is 0 Å². The summed E-state index contributed by atoms with van der Waals surface area (Å²) in [4.78, 5) is 16.0. The molecule has 1 fully saturated rings. The molecule has 0 N–H and O–H groups in total. The molecule has 64 valence electrons. The van der Waals surface area contributed by atoms with E-state index < -0.39 is 0 Å². The van der Waals surface area contributed by atoms with Crippen LogP contribution in [0.25, 0.3) is 0 Å². The smallest absolute Gasteiger partial charge is 0.327 e. The zero-order chi connectivity index (χ0) is 8.27. The van der Waals surface area contributed by atoms with Gasteiger partial charge in [-0.25, -0.2) is 0 Å². The van der Waals surface area contributed by atoms with Crippen LogP contribution in [0.4, 0.5) is 0 Å². The molecule has 0 aromatic heterocycles. The van der Waals surface area contributed by atoms with Gasteiger partial charge in [-0.2, -0.15) is 5.06 Å². The Morgan fingerprint density at radius 1 is 1.55 bits per heavy atom. The Morgan fingerprint density at radius 3 is 2.82 bits per heavy atom. The summed E-state index contributed by atoms with van der Waals surface area (Å²) >= 11 is 0. The van der Waals surface area contributed by atoms with Crippen LogP contribution in [0.2, 0.25) is 0 Å². The summed E-state index contributed by atoms with van der Waals surface area (Å²) < 4.78 is 4.78. The van der Waals surface area contributed by atoms with E-state index in [-0.39, 0.29) is 12.0 Å². The molecule has 0 bridgehead atoms. The summed E-state index contributed by atoms with van der Waals surface area (Å²) in [7, 11) is 0. The van der Waals surface area contributed by atoms with Gasteiger partial charge in [-0.3, -0.25) is 9.63 Å². The first-order valence-electron chi connectivity index (χ1n) is 3.85. The lowest BCUT2D eigenvalue weighted by molar-refractivity contribution is -0.149. The highest BCUT2D eigenvalue weighted by atomic mass is 16.7. The Balaban J connectivity index is 2.15. The third-order valence-electron chi connectivity index (χ3n) is 1.42. The quantitative estimate of drug-likeness (QED) is 0.433. The first kappa shape index (κ1) is 8.49. The standard InChI is InChI=1S/C7H13NO3/c1-3-10-7(9)6-5-8(6)11-4-2/h6H,3-5H2,1-2H3. The lowest BCUT2D eigenvalue weighted by Crippen LogP contribution is -2.16. The highest BCUT2D eigenvalue weighted by molar-refractivity contribution is 5.78. The molecule has 1 aliphatic rings. The van der Waals surface area contributed by atoms with Crippen molar-refractivity contribution in [3.05, 3.63) is 0 Å². The maximum atomic E-state index is 10.9. The van der Waals surface area contributed by atoms with E-state index in [1.807, 2.05) is 6.92 Å². The predicted octanol–water partition coefficient (Wildman–Crippen LogP) is 0.185. The molecule has 4 heteroatoms. The first-order valence-corrected chi connectivity index (χ1v) is 3.85. The Bertz CT molecular complexity index is 149. The van der Waals surface area contributed by atoms with Crippen LogP contribution in [0.15, 0.2) is 0 Å². The normalized spacial score (nSPS) is 28.2. The van der Waals surface area contributed by atoms with Gasteiger partial charge in [0.25, 0.3) is 0 Å². The number of hydrogen-bond donors (Lipinski definition) is 0. The Hall–Kier alpha value is -0.610. The second-order valence-electron chi connectivity index (χ2n) is 2.29. The van der Waals surface area contributed by atoms with Gasteiger partial charge >= 0.3 is 5.97 Å². The zero-order valence-electron chi connectivity index (χ0n) is 6.87. The van der Waals surface area contributed by atoms with Crippen LogP contribution in [0.3, 0.4) is 0 Å². The topological polar surface area (TPSA) is 38.5 Å². The second-order valence-corrected chi connectivity index (χ2v) is 2.29. The lowest BCUT2D eigenvalue weighted by Gasteiger charge is -2.01. The van der Waals surface area contributed by atoms with Crippen LogP contribution >= 0.6 is 0 Å². The van der Waals surface area contributed by atoms with Gasteiger partial charge in [0.1, 0.15) is 6.04 Å². The number of esters is 1. The Labute approximate surface area is 66.0 Å². The predicted molar refractivity (Wildman–Crippen MR) is 38.8 cm³/mol. The lowest BCUT2D eigenvalue weighted by atomic mass is 10.5. The van der Waals surface area contributed by atoms with Crippen LogP contribution < -0.4 is 0 Å². The number of hydroxylamine groups is 2. The van der Waals surface area contributed by atoms with Crippen LogP contribution in [0.1, 0.15) is 13.8 Å². The van der Waals surface area contributed by atoms with Gasteiger partial charge in [0, 0.05) is 0 Å². The van der Waals surface area contributed by atoms with E-state index in [1.54, 1.807) is 12.0 Å². The average Bonchev–Trinajstić information content (AvgIpc) is 2.69. The van der Waals surface area contributed by atoms with Gasteiger partial charge < -0.3 is 4.74 Å². The van der Waals surface area contributed by atoms with Gasteiger partial charge in [0.05, 0.1) is 19.8 Å². The largest absolute Gasteiger partial charge is 0.465 e. The van der Waals surface area contributed by atoms with E-state index in [1.165, 1.54) is 0 Å². The number of hydrogen-bond acceptors (Lipinski definition) is 4. The van der Waals surface area contributed by atoms with E-state index in [0.717, 1.165) is 0 Å². The van der Waals surface area contributed by atoms with Gasteiger partial charge in [-0.1, -0.05) is 0 Å². The van der Waals surface area contributed by atoms with Crippen LogP contribution in [-0.2, 0) is 14.4 Å². The van der Waals surface area contributed by atoms with Gasteiger partial charge in [-0.15, -0.1) is 0 Å². The van der Waals surface area contributed by atoms with E-state index in [2.05, 4.69) is 0 Å². The molecule has 1 saturated heterocycles. The molecule has 0 aromatic carbocycles. The number of rotatable bonds is 4. The highest BCUT2D eigenvalue weighted by Gasteiger charge is 2.42. The zero-order valence-corrected chi connectivity index (χ0v) is 6.87. The van der Waals surface area contributed by atoms with Crippen molar-refractivity contribution >= 4 is 5.97 Å². The van der Waals surface area contributed by atoms with Crippen LogP contribution in [-0.4, -0.2) is 36.8 Å². The first-order chi connectivity index (χ1) is 5.29. The molecule has 0 radical (unpaired) electrons. The molecule has 0 aliphatic carbocycles. The molecule has 2 unspecified atom stereocenters. The van der Waals surface area contributed by atoms with Crippen molar-refractivity contribution in [1.29, 1.82) is 0 Å². The van der Waals surface area contributed by atoms with Crippen molar-refractivity contribution in [2.75, 3.05) is 19.8 Å². The Morgan fingerprint density at radius 2 is 2.27 bits per heavy atom. The monoisotopic (exact) mass is 159 g/mol. The number of nitrogens with zero attached hydrogens (tertiary/aromatic N) is 1. The summed E-state index contributed by atoms with van der Waals surface area (Å²) in [5.74, 6) is -0.180. The minimum atomic E-state index is -0.180. The molecular formula is C7H13NO3. The summed E-state index contributed by atoms with van der Waals surface area (Å²) in [6, 6.07) is -0.144. The van der Waals surface area contributed by atoms with E-state index in [0.29, 0.717) is 19.8 Å². The molecule has 1 rings (SSSR count). The third kappa shape index (κ3) is 2.17. The molecule has 0 amide bonds. The van der Waals surface area contributed by atoms with Crippen molar-refractivity contribution in [3.8, 4) is 0 Å². The van der Waals surface area contributed by atoms with Crippen LogP contribution in [0, 0.1) is 0 Å². The molecule has 1 aliphatic heterocycles. The second kappa shape index (κ2) is 3.69. The van der Waals surface area contributed by atoms with Crippen LogP contribution in [0.5, 0.6) is 0 Å². The fourth-order valence-corrected chi connectivity index (χ4v) is 0.862. The number of carbonyl (C=O) groups is 1. The van der Waals surface area contributed by atoms with Crippen molar-refractivity contribution in [1.82, 2.24) is 5.06 Å². The fourth-order valence-electron chi connectivity index (χ4n) is 0.862. The number of carbonyl (C=O) groups excluding carboxylic acids is 1. The molecular weight excluding hydrogens is 146 g/mol. The summed E-state index contributed by atoms with van der Waals surface area (Å²) in [6.45, 7) is 5.41. The molecule has 0 spiro atoms. The fraction of sp³-hybridized carbons (Fsp3) is 0.857. The van der Waals surface area contributed by atoms with Crippen molar-refractivity contribution in [3.63, 3.8) is 0 Å².